The maximum Gasteiger partial charge on any atom is 0.122 e. The summed E-state index contributed by atoms with van der Waals surface area (Å²) in [4.78, 5) is 2.17. The summed E-state index contributed by atoms with van der Waals surface area (Å²) in [7, 11) is 2.05. The van der Waals surface area contributed by atoms with Crippen LogP contribution in [0.4, 0.5) is 0 Å². The molecule has 0 aromatic heterocycles. The molecule has 0 saturated carbocycles. The van der Waals surface area contributed by atoms with Gasteiger partial charge in [0.15, 0.2) is 0 Å². The van der Waals surface area contributed by atoms with Gasteiger partial charge in [0.05, 0.1) is 6.10 Å². The van der Waals surface area contributed by atoms with E-state index < -0.39 is 0 Å². The Balaban J connectivity index is 2.21. The molecule has 0 aliphatic carbocycles. The quantitative estimate of drug-likeness (QED) is 0.788. The number of nitrogens with zero attached hydrogens (tertiary/aromatic N) is 1. The molecule has 0 bridgehead atoms. The van der Waals surface area contributed by atoms with Crippen LogP contribution >= 0.6 is 0 Å². The predicted octanol–water partition coefficient (Wildman–Crippen LogP) is 2.08. The van der Waals surface area contributed by atoms with Gasteiger partial charge in [-0.3, -0.25) is 0 Å². The maximum absolute atomic E-state index is 9.18. The highest BCUT2D eigenvalue weighted by atomic mass is 16.5. The van der Waals surface area contributed by atoms with Crippen LogP contribution in [0.25, 0.3) is 0 Å². The lowest BCUT2D eigenvalue weighted by Gasteiger charge is -2.18. The minimum absolute atomic E-state index is 0.227. The average Bonchev–Trinajstić information content (AvgIpc) is 2.29. The van der Waals surface area contributed by atoms with E-state index in [1.165, 1.54) is 5.56 Å². The van der Waals surface area contributed by atoms with Crippen molar-refractivity contribution in [2.45, 2.75) is 26.4 Å². The summed E-state index contributed by atoms with van der Waals surface area (Å²) >= 11 is 0. The molecule has 1 N–H and O–H groups in total. The van der Waals surface area contributed by atoms with Gasteiger partial charge in [0, 0.05) is 13.1 Å². The van der Waals surface area contributed by atoms with Crippen molar-refractivity contribution < 1.29 is 9.84 Å². The van der Waals surface area contributed by atoms with Crippen LogP contribution in [0.5, 0.6) is 5.75 Å². The molecular formula is C14H23NO2. The van der Waals surface area contributed by atoms with Crippen LogP contribution in [-0.4, -0.2) is 42.9 Å². The zero-order valence-electron chi connectivity index (χ0n) is 11.0. The first kappa shape index (κ1) is 14.0. The van der Waals surface area contributed by atoms with Crippen molar-refractivity contribution in [1.82, 2.24) is 4.90 Å². The van der Waals surface area contributed by atoms with Gasteiger partial charge >= 0.3 is 0 Å². The molecule has 0 aliphatic heterocycles. The van der Waals surface area contributed by atoms with Crippen molar-refractivity contribution in [3.8, 4) is 5.75 Å². The second-order valence-corrected chi connectivity index (χ2v) is 4.55. The van der Waals surface area contributed by atoms with Crippen molar-refractivity contribution in [2.24, 2.45) is 0 Å². The number of hydrogen-bond acceptors (Lipinski definition) is 3. The molecule has 1 aromatic carbocycles. The number of aliphatic hydroxyl groups is 1. The smallest absolute Gasteiger partial charge is 0.122 e. The summed E-state index contributed by atoms with van der Waals surface area (Å²) in [6, 6.07) is 8.04. The Hall–Kier alpha value is -1.06. The Labute approximate surface area is 104 Å². The average molecular weight is 237 g/mol. The molecule has 0 spiro atoms. The van der Waals surface area contributed by atoms with Crippen molar-refractivity contribution in [2.75, 3.05) is 26.7 Å². The lowest BCUT2D eigenvalue weighted by molar-refractivity contribution is 0.157. The standard InChI is InChI=1S/C14H23NO2/c1-12-6-4-5-7-14(12)17-11-10-15(3)9-8-13(2)16/h4-7,13,16H,8-11H2,1-3H3. The molecule has 0 aliphatic rings. The van der Waals surface area contributed by atoms with E-state index in [1.54, 1.807) is 0 Å². The fraction of sp³-hybridized carbons (Fsp3) is 0.571. The van der Waals surface area contributed by atoms with Crippen molar-refractivity contribution >= 4 is 0 Å². The number of rotatable bonds is 7. The van der Waals surface area contributed by atoms with E-state index in [9.17, 15) is 5.11 Å². The number of aliphatic hydroxyl groups excluding tert-OH is 1. The van der Waals surface area contributed by atoms with E-state index in [2.05, 4.69) is 4.90 Å². The van der Waals surface area contributed by atoms with Crippen molar-refractivity contribution in [1.29, 1.82) is 0 Å². The third-order valence-electron chi connectivity index (χ3n) is 2.75. The molecule has 0 radical (unpaired) electrons. The van der Waals surface area contributed by atoms with E-state index in [4.69, 9.17) is 4.74 Å². The SMILES string of the molecule is Cc1ccccc1OCCN(C)CCC(C)O. The van der Waals surface area contributed by atoms with Gasteiger partial charge in [-0.05, 0) is 38.9 Å². The molecule has 1 atom stereocenters. The van der Waals surface area contributed by atoms with E-state index in [0.29, 0.717) is 6.61 Å². The van der Waals surface area contributed by atoms with Crippen LogP contribution in [0.2, 0.25) is 0 Å². The summed E-state index contributed by atoms with van der Waals surface area (Å²) in [5.74, 6) is 0.955. The first-order valence-electron chi connectivity index (χ1n) is 6.14. The minimum atomic E-state index is -0.227. The Bertz CT molecular complexity index is 326. The first-order chi connectivity index (χ1) is 8.09. The zero-order valence-corrected chi connectivity index (χ0v) is 11.0. The lowest BCUT2D eigenvalue weighted by atomic mass is 10.2. The van der Waals surface area contributed by atoms with Gasteiger partial charge < -0.3 is 14.7 Å². The number of aryl methyl sites for hydroxylation is 1. The molecule has 96 valence electrons. The van der Waals surface area contributed by atoms with Crippen LogP contribution in [0.3, 0.4) is 0 Å². The molecule has 0 heterocycles. The van der Waals surface area contributed by atoms with Gasteiger partial charge in [-0.25, -0.2) is 0 Å². The highest BCUT2D eigenvalue weighted by Crippen LogP contribution is 2.15. The fourth-order valence-corrected chi connectivity index (χ4v) is 1.55. The largest absolute Gasteiger partial charge is 0.492 e. The van der Waals surface area contributed by atoms with Gasteiger partial charge in [-0.2, -0.15) is 0 Å². The van der Waals surface area contributed by atoms with E-state index in [-0.39, 0.29) is 6.10 Å². The van der Waals surface area contributed by atoms with E-state index >= 15 is 0 Å². The first-order valence-corrected chi connectivity index (χ1v) is 6.14. The van der Waals surface area contributed by atoms with Gasteiger partial charge in [-0.15, -0.1) is 0 Å². The topological polar surface area (TPSA) is 32.7 Å². The fourth-order valence-electron chi connectivity index (χ4n) is 1.55. The van der Waals surface area contributed by atoms with Crippen molar-refractivity contribution in [3.05, 3.63) is 29.8 Å². The second kappa shape index (κ2) is 7.30. The summed E-state index contributed by atoms with van der Waals surface area (Å²) in [6.07, 6.45) is 0.579. The molecule has 3 nitrogen and oxygen atoms in total. The highest BCUT2D eigenvalue weighted by molar-refractivity contribution is 5.31. The molecule has 1 unspecified atom stereocenters. The molecule has 3 heteroatoms. The third-order valence-corrected chi connectivity index (χ3v) is 2.75. The second-order valence-electron chi connectivity index (χ2n) is 4.55. The minimum Gasteiger partial charge on any atom is -0.492 e. The summed E-state index contributed by atoms with van der Waals surface area (Å²) in [6.45, 7) is 6.32. The summed E-state index contributed by atoms with van der Waals surface area (Å²) in [5.41, 5.74) is 1.17. The lowest BCUT2D eigenvalue weighted by Crippen LogP contribution is -2.27. The van der Waals surface area contributed by atoms with Gasteiger partial charge in [0.2, 0.25) is 0 Å². The predicted molar refractivity (Wildman–Crippen MR) is 70.5 cm³/mol. The Kier molecular flexibility index (Phi) is 6.01. The molecular weight excluding hydrogens is 214 g/mol. The van der Waals surface area contributed by atoms with Crippen LogP contribution in [0.15, 0.2) is 24.3 Å². The maximum atomic E-state index is 9.18. The number of likely N-dealkylation sites (N-methyl/N-ethyl adjacent to an activating group) is 1. The van der Waals surface area contributed by atoms with Crippen LogP contribution < -0.4 is 4.74 Å². The Morgan fingerprint density at radius 2 is 2.00 bits per heavy atom. The number of para-hydroxylation sites is 1. The molecule has 17 heavy (non-hydrogen) atoms. The van der Waals surface area contributed by atoms with Crippen LogP contribution in [-0.2, 0) is 0 Å². The van der Waals surface area contributed by atoms with Crippen molar-refractivity contribution in [3.63, 3.8) is 0 Å². The Morgan fingerprint density at radius 1 is 1.29 bits per heavy atom. The monoisotopic (exact) mass is 237 g/mol. The number of ether oxygens (including phenoxy) is 1. The van der Waals surface area contributed by atoms with Gasteiger partial charge in [0.1, 0.15) is 12.4 Å². The highest BCUT2D eigenvalue weighted by Gasteiger charge is 2.02. The van der Waals surface area contributed by atoms with E-state index in [0.717, 1.165) is 25.3 Å². The third kappa shape index (κ3) is 5.71. The summed E-state index contributed by atoms with van der Waals surface area (Å²) < 4.78 is 5.71. The number of hydrogen-bond donors (Lipinski definition) is 1. The van der Waals surface area contributed by atoms with Crippen LogP contribution in [0.1, 0.15) is 18.9 Å². The van der Waals surface area contributed by atoms with Gasteiger partial charge in [-0.1, -0.05) is 18.2 Å². The molecule has 1 aromatic rings. The summed E-state index contributed by atoms with van der Waals surface area (Å²) in [5, 5.41) is 9.18. The molecule has 0 fully saturated rings. The zero-order chi connectivity index (χ0) is 12.7. The molecule has 1 rings (SSSR count). The van der Waals surface area contributed by atoms with E-state index in [1.807, 2.05) is 45.2 Å². The molecule has 0 amide bonds. The Morgan fingerprint density at radius 3 is 2.65 bits per heavy atom. The van der Waals surface area contributed by atoms with Gasteiger partial charge in [0.25, 0.3) is 0 Å². The normalized spacial score (nSPS) is 12.8. The molecule has 0 saturated heterocycles. The van der Waals surface area contributed by atoms with Crippen LogP contribution in [0, 0.1) is 6.92 Å². The number of benzene rings is 1.